The van der Waals surface area contributed by atoms with Crippen molar-refractivity contribution < 1.29 is 9.90 Å². The van der Waals surface area contributed by atoms with Crippen molar-refractivity contribution in [2.75, 3.05) is 13.2 Å². The molecule has 1 amide bonds. The molecule has 1 heterocycles. The molecule has 1 N–H and O–H groups in total. The fourth-order valence-electron chi connectivity index (χ4n) is 2.83. The summed E-state index contributed by atoms with van der Waals surface area (Å²) in [5, 5.41) is 9.42. The fraction of sp³-hybridized carbons (Fsp3) is 0.438. The van der Waals surface area contributed by atoms with Crippen LogP contribution in [0, 0.1) is 11.8 Å². The number of benzene rings is 1. The first-order valence-corrected chi connectivity index (χ1v) is 6.76. The minimum atomic E-state index is -0.274. The monoisotopic (exact) mass is 259 g/mol. The Morgan fingerprint density at radius 2 is 2.16 bits per heavy atom. The van der Waals surface area contributed by atoms with Crippen LogP contribution in [-0.4, -0.2) is 29.1 Å². The number of aliphatic hydroxyl groups excluding tert-OH is 1. The number of amides is 1. The van der Waals surface area contributed by atoms with Crippen molar-refractivity contribution in [2.24, 2.45) is 11.8 Å². The zero-order valence-corrected chi connectivity index (χ0v) is 11.3. The molecule has 1 saturated heterocycles. The van der Waals surface area contributed by atoms with Gasteiger partial charge in [0.1, 0.15) is 0 Å². The molecule has 3 atom stereocenters. The van der Waals surface area contributed by atoms with Gasteiger partial charge >= 0.3 is 0 Å². The molecule has 0 spiro atoms. The maximum absolute atomic E-state index is 12.4. The lowest BCUT2D eigenvalue weighted by atomic mass is 9.93. The minimum Gasteiger partial charge on any atom is -0.396 e. The summed E-state index contributed by atoms with van der Waals surface area (Å²) in [6.45, 7) is 6.40. The Balaban J connectivity index is 2.17. The smallest absolute Gasteiger partial charge is 0.228 e. The predicted octanol–water partition coefficient (Wildman–Crippen LogP) is 2.39. The van der Waals surface area contributed by atoms with Crippen LogP contribution in [0.2, 0.25) is 0 Å². The van der Waals surface area contributed by atoms with Crippen LogP contribution in [0.4, 0.5) is 0 Å². The van der Waals surface area contributed by atoms with E-state index < -0.39 is 0 Å². The summed E-state index contributed by atoms with van der Waals surface area (Å²) in [7, 11) is 0. The molecule has 0 aromatic heterocycles. The van der Waals surface area contributed by atoms with E-state index in [2.05, 4.69) is 6.58 Å². The first-order chi connectivity index (χ1) is 9.19. The van der Waals surface area contributed by atoms with E-state index in [0.717, 1.165) is 12.0 Å². The lowest BCUT2D eigenvalue weighted by Crippen LogP contribution is -2.31. The molecule has 1 aliphatic rings. The summed E-state index contributed by atoms with van der Waals surface area (Å²) in [4.78, 5) is 14.2. The molecular weight excluding hydrogens is 238 g/mol. The molecule has 1 aliphatic heterocycles. The molecule has 0 aliphatic carbocycles. The first kappa shape index (κ1) is 13.8. The molecule has 0 saturated carbocycles. The molecule has 102 valence electrons. The number of hydrogen-bond donors (Lipinski definition) is 1. The highest BCUT2D eigenvalue weighted by atomic mass is 16.3. The second kappa shape index (κ2) is 6.02. The topological polar surface area (TPSA) is 40.5 Å². The quantitative estimate of drug-likeness (QED) is 0.825. The highest BCUT2D eigenvalue weighted by molar-refractivity contribution is 5.82. The molecule has 3 heteroatoms. The van der Waals surface area contributed by atoms with E-state index in [-0.39, 0.29) is 30.4 Å². The normalized spacial score (nSPS) is 24.5. The van der Waals surface area contributed by atoms with E-state index in [4.69, 9.17) is 0 Å². The van der Waals surface area contributed by atoms with Crippen LogP contribution in [0.25, 0.3) is 0 Å². The van der Waals surface area contributed by atoms with Gasteiger partial charge in [-0.3, -0.25) is 4.79 Å². The van der Waals surface area contributed by atoms with Crippen LogP contribution < -0.4 is 0 Å². The van der Waals surface area contributed by atoms with Gasteiger partial charge in [-0.05, 0) is 24.8 Å². The summed E-state index contributed by atoms with van der Waals surface area (Å²) >= 11 is 0. The summed E-state index contributed by atoms with van der Waals surface area (Å²) in [6, 6.07) is 10.1. The minimum absolute atomic E-state index is 0.0533. The van der Waals surface area contributed by atoms with Crippen LogP contribution in [0.1, 0.15) is 24.9 Å². The summed E-state index contributed by atoms with van der Waals surface area (Å²) < 4.78 is 0. The first-order valence-electron chi connectivity index (χ1n) is 6.76. The Morgan fingerprint density at radius 1 is 1.47 bits per heavy atom. The second-order valence-electron chi connectivity index (χ2n) is 5.15. The fourth-order valence-corrected chi connectivity index (χ4v) is 2.83. The van der Waals surface area contributed by atoms with Crippen molar-refractivity contribution in [1.29, 1.82) is 0 Å². The molecule has 0 bridgehead atoms. The van der Waals surface area contributed by atoms with Gasteiger partial charge in [-0.15, -0.1) is 6.58 Å². The van der Waals surface area contributed by atoms with Gasteiger partial charge in [-0.1, -0.05) is 36.4 Å². The van der Waals surface area contributed by atoms with Gasteiger partial charge < -0.3 is 10.0 Å². The zero-order chi connectivity index (χ0) is 13.8. The van der Waals surface area contributed by atoms with Gasteiger partial charge in [0.2, 0.25) is 5.91 Å². The maximum atomic E-state index is 12.4. The molecule has 1 fully saturated rings. The third-order valence-corrected chi connectivity index (χ3v) is 4.02. The Bertz CT molecular complexity index is 443. The van der Waals surface area contributed by atoms with Gasteiger partial charge in [0.15, 0.2) is 0 Å². The molecule has 3 unspecified atom stereocenters. The van der Waals surface area contributed by atoms with E-state index in [0.29, 0.717) is 6.54 Å². The molecule has 3 nitrogen and oxygen atoms in total. The average Bonchev–Trinajstić information content (AvgIpc) is 2.75. The average molecular weight is 259 g/mol. The lowest BCUT2D eigenvalue weighted by molar-refractivity contribution is -0.133. The standard InChI is InChI=1S/C16H21NO2/c1-3-7-14-10-17(16(19)15(14)11-18)12(2)13-8-5-4-6-9-13/h3-6,8-9,12,14-15,18H,1,7,10-11H2,2H3. The Kier molecular flexibility index (Phi) is 4.38. The SMILES string of the molecule is C=CCC1CN(C(C)c2ccccc2)C(=O)C1CO. The van der Waals surface area contributed by atoms with Crippen molar-refractivity contribution in [3.05, 3.63) is 48.6 Å². The third kappa shape index (κ3) is 2.71. The van der Waals surface area contributed by atoms with Crippen molar-refractivity contribution in [3.8, 4) is 0 Å². The molecule has 0 radical (unpaired) electrons. The number of rotatable bonds is 5. The van der Waals surface area contributed by atoms with Gasteiger partial charge in [0.05, 0.1) is 18.6 Å². The van der Waals surface area contributed by atoms with Gasteiger partial charge in [0.25, 0.3) is 0 Å². The summed E-state index contributed by atoms with van der Waals surface area (Å²) in [5.41, 5.74) is 1.13. The third-order valence-electron chi connectivity index (χ3n) is 4.02. The van der Waals surface area contributed by atoms with Crippen molar-refractivity contribution >= 4 is 5.91 Å². The molecular formula is C16H21NO2. The van der Waals surface area contributed by atoms with E-state index in [1.165, 1.54) is 0 Å². The van der Waals surface area contributed by atoms with Gasteiger partial charge in [-0.25, -0.2) is 0 Å². The van der Waals surface area contributed by atoms with E-state index in [1.54, 1.807) is 0 Å². The van der Waals surface area contributed by atoms with E-state index >= 15 is 0 Å². The Morgan fingerprint density at radius 3 is 2.74 bits per heavy atom. The van der Waals surface area contributed by atoms with E-state index in [1.807, 2.05) is 48.2 Å². The van der Waals surface area contributed by atoms with Crippen LogP contribution >= 0.6 is 0 Å². The predicted molar refractivity (Wildman–Crippen MR) is 75.4 cm³/mol. The Hall–Kier alpha value is -1.61. The number of carbonyl (C=O) groups excluding carboxylic acids is 1. The highest BCUT2D eigenvalue weighted by Crippen LogP contribution is 2.33. The lowest BCUT2D eigenvalue weighted by Gasteiger charge is -2.25. The molecule has 2 rings (SSSR count). The van der Waals surface area contributed by atoms with Crippen LogP contribution in [0.3, 0.4) is 0 Å². The van der Waals surface area contributed by atoms with E-state index in [9.17, 15) is 9.90 Å². The van der Waals surface area contributed by atoms with Gasteiger partial charge in [0, 0.05) is 6.54 Å². The molecule has 1 aromatic carbocycles. The van der Waals surface area contributed by atoms with Crippen molar-refractivity contribution in [1.82, 2.24) is 4.90 Å². The van der Waals surface area contributed by atoms with Crippen molar-refractivity contribution in [2.45, 2.75) is 19.4 Å². The van der Waals surface area contributed by atoms with Crippen molar-refractivity contribution in [3.63, 3.8) is 0 Å². The largest absolute Gasteiger partial charge is 0.396 e. The van der Waals surface area contributed by atoms with Crippen LogP contribution in [0.5, 0.6) is 0 Å². The Labute approximate surface area is 114 Å². The summed E-state index contributed by atoms with van der Waals surface area (Å²) in [6.07, 6.45) is 2.60. The molecule has 19 heavy (non-hydrogen) atoms. The number of aliphatic hydroxyl groups is 1. The number of likely N-dealkylation sites (tertiary alicyclic amines) is 1. The number of nitrogens with zero attached hydrogens (tertiary/aromatic N) is 1. The number of hydrogen-bond acceptors (Lipinski definition) is 2. The highest BCUT2D eigenvalue weighted by Gasteiger charge is 2.41. The maximum Gasteiger partial charge on any atom is 0.228 e. The van der Waals surface area contributed by atoms with Crippen LogP contribution in [-0.2, 0) is 4.79 Å². The summed E-state index contributed by atoms with van der Waals surface area (Å²) in [5.74, 6) is -0.0315. The zero-order valence-electron chi connectivity index (χ0n) is 11.3. The second-order valence-corrected chi connectivity index (χ2v) is 5.15. The number of allylic oxidation sites excluding steroid dienone is 1. The molecule has 1 aromatic rings. The number of carbonyl (C=O) groups is 1. The van der Waals surface area contributed by atoms with Crippen LogP contribution in [0.15, 0.2) is 43.0 Å². The van der Waals surface area contributed by atoms with Gasteiger partial charge in [-0.2, -0.15) is 0 Å².